The van der Waals surface area contributed by atoms with Crippen LogP contribution in [-0.4, -0.2) is 20.4 Å². The number of sulfonamides is 1. The minimum Gasteiger partial charge on any atom is -0.372 e. The van der Waals surface area contributed by atoms with Crippen LogP contribution < -0.4 is 10.0 Å². The number of anilines is 2. The third kappa shape index (κ3) is 3.00. The van der Waals surface area contributed by atoms with Gasteiger partial charge < -0.3 is 5.32 Å². The topological polar surface area (TPSA) is 71.1 Å². The maximum absolute atomic E-state index is 13.5. The lowest BCUT2D eigenvalue weighted by atomic mass is 10.3. The number of rotatable bonds is 4. The molecule has 0 spiro atoms. The van der Waals surface area contributed by atoms with Crippen LogP contribution in [0.4, 0.5) is 15.9 Å². The van der Waals surface area contributed by atoms with Gasteiger partial charge in [-0.25, -0.2) is 17.8 Å². The molecule has 106 valence electrons. The Kier molecular flexibility index (Phi) is 4.10. The number of halogens is 2. The largest absolute Gasteiger partial charge is 0.372 e. The number of hydrogen-bond donors (Lipinski definition) is 2. The maximum atomic E-state index is 13.5. The van der Waals surface area contributed by atoms with Crippen molar-refractivity contribution >= 4 is 33.1 Å². The van der Waals surface area contributed by atoms with Gasteiger partial charge in [0.15, 0.2) is 0 Å². The third-order valence-corrected chi connectivity index (χ3v) is 4.10. The summed E-state index contributed by atoms with van der Waals surface area (Å²) in [7, 11) is -2.34. The Morgan fingerprint density at radius 1 is 1.30 bits per heavy atom. The van der Waals surface area contributed by atoms with Crippen molar-refractivity contribution in [3.05, 3.63) is 47.4 Å². The highest BCUT2D eigenvalue weighted by atomic mass is 35.5. The summed E-state index contributed by atoms with van der Waals surface area (Å²) in [5.74, 6) is -0.307. The predicted molar refractivity (Wildman–Crippen MR) is 76.0 cm³/mol. The zero-order valence-electron chi connectivity index (χ0n) is 10.4. The zero-order valence-corrected chi connectivity index (χ0v) is 12.0. The van der Waals surface area contributed by atoms with Gasteiger partial charge in [-0.1, -0.05) is 23.7 Å². The number of para-hydroxylation sites is 1. The van der Waals surface area contributed by atoms with E-state index in [2.05, 4.69) is 15.0 Å². The molecular weight excluding hydrogens is 305 g/mol. The first-order valence-corrected chi connectivity index (χ1v) is 7.41. The number of aromatic nitrogens is 1. The summed E-state index contributed by atoms with van der Waals surface area (Å²) in [6.45, 7) is 0. The third-order valence-electron chi connectivity index (χ3n) is 2.48. The molecule has 0 bridgehead atoms. The van der Waals surface area contributed by atoms with E-state index in [-0.39, 0.29) is 15.6 Å². The van der Waals surface area contributed by atoms with E-state index in [1.165, 1.54) is 24.3 Å². The van der Waals surface area contributed by atoms with Crippen molar-refractivity contribution in [1.82, 2.24) is 4.98 Å². The molecule has 0 radical (unpaired) electrons. The van der Waals surface area contributed by atoms with Crippen LogP contribution in [0.25, 0.3) is 0 Å². The average Bonchev–Trinajstić information content (AvgIpc) is 2.41. The summed E-state index contributed by atoms with van der Waals surface area (Å²) in [5.41, 5.74) is -0.138. The molecule has 0 saturated carbocycles. The van der Waals surface area contributed by atoms with Gasteiger partial charge in [-0.2, -0.15) is 0 Å². The Hall–Kier alpha value is -1.86. The minimum atomic E-state index is -3.95. The monoisotopic (exact) mass is 315 g/mol. The first-order chi connectivity index (χ1) is 9.44. The molecule has 1 aromatic carbocycles. The van der Waals surface area contributed by atoms with Crippen LogP contribution in [-0.2, 0) is 10.0 Å². The van der Waals surface area contributed by atoms with Crippen molar-refractivity contribution in [3.63, 3.8) is 0 Å². The molecule has 0 unspecified atom stereocenters. The molecule has 20 heavy (non-hydrogen) atoms. The zero-order chi connectivity index (χ0) is 14.8. The van der Waals surface area contributed by atoms with Crippen molar-refractivity contribution in [2.24, 2.45) is 0 Å². The Bertz CT molecular complexity index is 737. The average molecular weight is 316 g/mol. The number of hydrogen-bond acceptors (Lipinski definition) is 4. The fourth-order valence-electron chi connectivity index (χ4n) is 1.50. The fourth-order valence-corrected chi connectivity index (χ4v) is 2.86. The predicted octanol–water partition coefficient (Wildman–Crippen LogP) is 2.72. The normalized spacial score (nSPS) is 11.2. The van der Waals surface area contributed by atoms with Crippen LogP contribution in [0.3, 0.4) is 0 Å². The van der Waals surface area contributed by atoms with Crippen molar-refractivity contribution < 1.29 is 12.8 Å². The molecule has 0 atom stereocenters. The Labute approximate surface area is 120 Å². The van der Waals surface area contributed by atoms with Crippen molar-refractivity contribution in [2.75, 3.05) is 17.1 Å². The molecule has 0 aliphatic carbocycles. The first kappa shape index (κ1) is 14.5. The molecule has 8 heteroatoms. The summed E-state index contributed by atoms with van der Waals surface area (Å²) >= 11 is 5.88. The van der Waals surface area contributed by atoms with Gasteiger partial charge in [-0.05, 0) is 18.2 Å². The van der Waals surface area contributed by atoms with Crippen LogP contribution in [0.2, 0.25) is 5.02 Å². The molecule has 0 aliphatic rings. The molecule has 2 N–H and O–H groups in total. The molecule has 2 rings (SSSR count). The Morgan fingerprint density at radius 2 is 2.00 bits per heavy atom. The van der Waals surface area contributed by atoms with Crippen LogP contribution >= 0.6 is 11.6 Å². The number of nitrogens with one attached hydrogen (secondary N) is 2. The van der Waals surface area contributed by atoms with E-state index in [1.807, 2.05) is 0 Å². The van der Waals surface area contributed by atoms with Crippen molar-refractivity contribution in [2.45, 2.75) is 4.90 Å². The summed E-state index contributed by atoms with van der Waals surface area (Å²) in [6, 6.07) is 6.71. The second-order valence-electron chi connectivity index (χ2n) is 3.84. The number of benzene rings is 1. The fraction of sp³-hybridized carbons (Fsp3) is 0.0833. The van der Waals surface area contributed by atoms with Gasteiger partial charge in [0.25, 0.3) is 10.0 Å². The van der Waals surface area contributed by atoms with Crippen molar-refractivity contribution in [3.8, 4) is 0 Å². The lowest BCUT2D eigenvalue weighted by molar-refractivity contribution is 0.598. The quantitative estimate of drug-likeness (QED) is 0.910. The Morgan fingerprint density at radius 3 is 2.60 bits per heavy atom. The summed E-state index contributed by atoms with van der Waals surface area (Å²) in [4.78, 5) is 3.72. The lowest BCUT2D eigenvalue weighted by Crippen LogP contribution is -2.14. The molecule has 0 amide bonds. The number of pyridine rings is 1. The SMILES string of the molecule is CNc1ncc(S(=O)(=O)Nc2ccccc2F)cc1Cl. The van der Waals surface area contributed by atoms with Crippen LogP contribution in [0.1, 0.15) is 0 Å². The molecule has 1 heterocycles. The van der Waals surface area contributed by atoms with Gasteiger partial charge in [0.2, 0.25) is 0 Å². The van der Waals surface area contributed by atoms with Crippen LogP contribution in [0.15, 0.2) is 41.4 Å². The summed E-state index contributed by atoms with van der Waals surface area (Å²) in [6.07, 6.45) is 1.14. The van der Waals surface area contributed by atoms with E-state index in [1.54, 1.807) is 7.05 Å². The molecule has 2 aromatic rings. The van der Waals surface area contributed by atoms with Gasteiger partial charge in [0.05, 0.1) is 10.7 Å². The summed E-state index contributed by atoms with van der Waals surface area (Å²) < 4.78 is 39.8. The number of nitrogens with zero attached hydrogens (tertiary/aromatic N) is 1. The van der Waals surface area contributed by atoms with Gasteiger partial charge >= 0.3 is 0 Å². The van der Waals surface area contributed by atoms with Crippen LogP contribution in [0, 0.1) is 5.82 Å². The smallest absolute Gasteiger partial charge is 0.263 e. The van der Waals surface area contributed by atoms with Gasteiger partial charge in [0, 0.05) is 13.2 Å². The Balaban J connectivity index is 2.36. The van der Waals surface area contributed by atoms with E-state index in [0.29, 0.717) is 5.82 Å². The van der Waals surface area contributed by atoms with E-state index < -0.39 is 15.8 Å². The second kappa shape index (κ2) is 5.64. The van der Waals surface area contributed by atoms with Crippen molar-refractivity contribution in [1.29, 1.82) is 0 Å². The molecule has 0 fully saturated rings. The first-order valence-electron chi connectivity index (χ1n) is 5.54. The van der Waals surface area contributed by atoms with Gasteiger partial charge in [-0.3, -0.25) is 4.72 Å². The summed E-state index contributed by atoms with van der Waals surface area (Å²) in [5, 5.41) is 2.87. The molecule has 0 aliphatic heterocycles. The van der Waals surface area contributed by atoms with E-state index in [0.717, 1.165) is 12.3 Å². The van der Waals surface area contributed by atoms with Crippen LogP contribution in [0.5, 0.6) is 0 Å². The molecular formula is C12H11ClFN3O2S. The van der Waals surface area contributed by atoms with E-state index >= 15 is 0 Å². The minimum absolute atomic E-state index is 0.138. The highest BCUT2D eigenvalue weighted by Crippen LogP contribution is 2.24. The highest BCUT2D eigenvalue weighted by molar-refractivity contribution is 7.92. The molecule has 0 saturated heterocycles. The highest BCUT2D eigenvalue weighted by Gasteiger charge is 2.18. The van der Waals surface area contributed by atoms with Gasteiger partial charge in [0.1, 0.15) is 16.5 Å². The molecule has 5 nitrogen and oxygen atoms in total. The lowest BCUT2D eigenvalue weighted by Gasteiger charge is -2.10. The molecule has 1 aromatic heterocycles. The standard InChI is InChI=1S/C12H11ClFN3O2S/c1-15-12-9(13)6-8(7-16-12)20(18,19)17-11-5-3-2-4-10(11)14/h2-7,17H,1H3,(H,15,16). The maximum Gasteiger partial charge on any atom is 0.263 e. The van der Waals surface area contributed by atoms with Gasteiger partial charge in [-0.15, -0.1) is 0 Å². The second-order valence-corrected chi connectivity index (χ2v) is 5.93. The van der Waals surface area contributed by atoms with E-state index in [9.17, 15) is 12.8 Å². The van der Waals surface area contributed by atoms with E-state index in [4.69, 9.17) is 11.6 Å².